The molecule has 1 aromatic rings. The van der Waals surface area contributed by atoms with Crippen molar-refractivity contribution in [3.05, 3.63) is 24.3 Å². The third-order valence-electron chi connectivity index (χ3n) is 5.73. The van der Waals surface area contributed by atoms with E-state index in [1.165, 1.54) is 12.8 Å². The number of anilines is 1. The third-order valence-corrected chi connectivity index (χ3v) is 5.73. The van der Waals surface area contributed by atoms with Gasteiger partial charge < -0.3 is 20.9 Å². The molecule has 2 aliphatic carbocycles. The summed E-state index contributed by atoms with van der Waals surface area (Å²) in [7, 11) is 0. The lowest BCUT2D eigenvalue weighted by Gasteiger charge is -2.28. The molecule has 0 aromatic heterocycles. The molecule has 2 aliphatic rings. The van der Waals surface area contributed by atoms with E-state index < -0.39 is 0 Å². The van der Waals surface area contributed by atoms with Crippen LogP contribution in [0.3, 0.4) is 0 Å². The Morgan fingerprint density at radius 2 is 1.62 bits per heavy atom. The summed E-state index contributed by atoms with van der Waals surface area (Å²) >= 11 is 0. The lowest BCUT2D eigenvalue weighted by molar-refractivity contribution is -0.120. The first kappa shape index (κ1) is 19.2. The van der Waals surface area contributed by atoms with Crippen LogP contribution in [-0.2, 0) is 4.79 Å². The van der Waals surface area contributed by atoms with Crippen molar-refractivity contribution in [3.8, 4) is 5.75 Å². The molecule has 4 N–H and O–H groups in total. The first-order valence-corrected chi connectivity index (χ1v) is 10.1. The van der Waals surface area contributed by atoms with Crippen molar-refractivity contribution in [3.63, 3.8) is 0 Å². The summed E-state index contributed by atoms with van der Waals surface area (Å²) in [6, 6.07) is 7.38. The standard InChI is InChI=1S/C21H32N2O3/c22-18-8-4-2-1-3-7-17(18)21(25)23-15-11-13-16(14-12-15)26-20-10-6-5-9-19(20)24/h11-14,17-20,24H,1-10,22H2,(H,23,25). The van der Waals surface area contributed by atoms with Crippen molar-refractivity contribution in [1.29, 1.82) is 0 Å². The molecule has 5 nitrogen and oxygen atoms in total. The average Bonchev–Trinajstić information content (AvgIpc) is 2.62. The summed E-state index contributed by atoms with van der Waals surface area (Å²) in [5.74, 6) is 0.649. The van der Waals surface area contributed by atoms with E-state index in [-0.39, 0.29) is 30.1 Å². The predicted molar refractivity (Wildman–Crippen MR) is 103 cm³/mol. The van der Waals surface area contributed by atoms with Crippen LogP contribution in [0.1, 0.15) is 64.2 Å². The number of hydrogen-bond acceptors (Lipinski definition) is 4. The number of benzene rings is 1. The topological polar surface area (TPSA) is 84.6 Å². The van der Waals surface area contributed by atoms with Crippen molar-refractivity contribution in [2.24, 2.45) is 11.7 Å². The van der Waals surface area contributed by atoms with Crippen LogP contribution in [-0.4, -0.2) is 29.3 Å². The van der Waals surface area contributed by atoms with Gasteiger partial charge in [0.2, 0.25) is 5.91 Å². The summed E-state index contributed by atoms with van der Waals surface area (Å²) in [5.41, 5.74) is 7.00. The maximum absolute atomic E-state index is 12.6. The first-order chi connectivity index (χ1) is 12.6. The van der Waals surface area contributed by atoms with Crippen molar-refractivity contribution < 1.29 is 14.6 Å². The number of ether oxygens (including phenoxy) is 1. The van der Waals surface area contributed by atoms with Crippen LogP contribution < -0.4 is 15.8 Å². The van der Waals surface area contributed by atoms with Crippen molar-refractivity contribution >= 4 is 11.6 Å². The number of rotatable bonds is 4. The molecule has 0 bridgehead atoms. The molecular weight excluding hydrogens is 328 g/mol. The Kier molecular flexibility index (Phi) is 6.92. The van der Waals surface area contributed by atoms with Gasteiger partial charge in [0.05, 0.1) is 12.0 Å². The van der Waals surface area contributed by atoms with E-state index in [0.717, 1.165) is 62.8 Å². The molecule has 26 heavy (non-hydrogen) atoms. The smallest absolute Gasteiger partial charge is 0.229 e. The molecule has 4 unspecified atom stereocenters. The van der Waals surface area contributed by atoms with Gasteiger partial charge in [0, 0.05) is 11.7 Å². The van der Waals surface area contributed by atoms with Gasteiger partial charge in [-0.1, -0.05) is 32.1 Å². The van der Waals surface area contributed by atoms with Gasteiger partial charge in [0.25, 0.3) is 0 Å². The summed E-state index contributed by atoms with van der Waals surface area (Å²) in [6.07, 6.45) is 9.73. The maximum atomic E-state index is 12.6. The SMILES string of the molecule is NC1CCCCCCC1C(=O)Nc1ccc(OC2CCCCC2O)cc1. The van der Waals surface area contributed by atoms with Gasteiger partial charge in [-0.2, -0.15) is 0 Å². The van der Waals surface area contributed by atoms with Crippen LogP contribution in [0.4, 0.5) is 5.69 Å². The monoisotopic (exact) mass is 360 g/mol. The Labute approximate surface area is 156 Å². The highest BCUT2D eigenvalue weighted by Crippen LogP contribution is 2.26. The van der Waals surface area contributed by atoms with Gasteiger partial charge >= 0.3 is 0 Å². The quantitative estimate of drug-likeness (QED) is 0.766. The fourth-order valence-corrected chi connectivity index (χ4v) is 4.08. The number of nitrogens with two attached hydrogens (primary N) is 1. The van der Waals surface area contributed by atoms with Crippen molar-refractivity contribution in [2.75, 3.05) is 5.32 Å². The number of aliphatic hydroxyl groups is 1. The highest BCUT2D eigenvalue weighted by atomic mass is 16.5. The molecule has 2 saturated carbocycles. The van der Waals surface area contributed by atoms with Gasteiger partial charge in [0.15, 0.2) is 0 Å². The zero-order valence-corrected chi connectivity index (χ0v) is 15.5. The molecular formula is C21H32N2O3. The zero-order chi connectivity index (χ0) is 18.4. The second-order valence-corrected chi connectivity index (χ2v) is 7.78. The molecule has 1 aromatic carbocycles. The third kappa shape index (κ3) is 5.21. The zero-order valence-electron chi connectivity index (χ0n) is 15.5. The van der Waals surface area contributed by atoms with Gasteiger partial charge in [-0.25, -0.2) is 0 Å². The fourth-order valence-electron chi connectivity index (χ4n) is 4.08. The summed E-state index contributed by atoms with van der Waals surface area (Å²) < 4.78 is 5.91. The van der Waals surface area contributed by atoms with Crippen LogP contribution in [0, 0.1) is 5.92 Å². The molecule has 2 fully saturated rings. The minimum atomic E-state index is -0.385. The minimum Gasteiger partial charge on any atom is -0.488 e. The van der Waals surface area contributed by atoms with Crippen molar-refractivity contribution in [2.45, 2.75) is 82.5 Å². The van der Waals surface area contributed by atoms with Crippen LogP contribution in [0.25, 0.3) is 0 Å². The predicted octanol–water partition coefficient (Wildman–Crippen LogP) is 3.61. The van der Waals surface area contributed by atoms with E-state index in [2.05, 4.69) is 5.32 Å². The lowest BCUT2D eigenvalue weighted by Crippen LogP contribution is -2.39. The van der Waals surface area contributed by atoms with Crippen LogP contribution in [0.15, 0.2) is 24.3 Å². The molecule has 0 heterocycles. The normalized spacial score (nSPS) is 30.1. The van der Waals surface area contributed by atoms with E-state index in [9.17, 15) is 9.90 Å². The van der Waals surface area contributed by atoms with Gasteiger partial charge in [0.1, 0.15) is 11.9 Å². The highest BCUT2D eigenvalue weighted by molar-refractivity contribution is 5.93. The highest BCUT2D eigenvalue weighted by Gasteiger charge is 2.27. The number of nitrogens with one attached hydrogen (secondary N) is 1. The second kappa shape index (κ2) is 9.38. The van der Waals surface area contributed by atoms with Crippen molar-refractivity contribution in [1.82, 2.24) is 0 Å². The average molecular weight is 360 g/mol. The Hall–Kier alpha value is -1.59. The Morgan fingerprint density at radius 3 is 2.35 bits per heavy atom. The summed E-state index contributed by atoms with van der Waals surface area (Å²) in [6.45, 7) is 0. The molecule has 5 heteroatoms. The maximum Gasteiger partial charge on any atom is 0.229 e. The van der Waals surface area contributed by atoms with E-state index in [4.69, 9.17) is 10.5 Å². The number of amides is 1. The molecule has 0 spiro atoms. The van der Waals surface area contributed by atoms with Gasteiger partial charge in [-0.05, 0) is 56.4 Å². The Bertz CT molecular complexity index is 575. The molecule has 0 radical (unpaired) electrons. The van der Waals surface area contributed by atoms with E-state index in [0.29, 0.717) is 0 Å². The summed E-state index contributed by atoms with van der Waals surface area (Å²) in [5, 5.41) is 13.0. The number of hydrogen-bond donors (Lipinski definition) is 3. The number of aliphatic hydroxyl groups excluding tert-OH is 1. The van der Waals surface area contributed by atoms with E-state index in [1.54, 1.807) is 0 Å². The van der Waals surface area contributed by atoms with Crippen LogP contribution in [0.5, 0.6) is 5.75 Å². The van der Waals surface area contributed by atoms with Gasteiger partial charge in [-0.15, -0.1) is 0 Å². The molecule has 0 aliphatic heterocycles. The minimum absolute atomic E-state index is 0.0239. The van der Waals surface area contributed by atoms with E-state index >= 15 is 0 Å². The molecule has 0 saturated heterocycles. The number of carbonyl (C=O) groups is 1. The Morgan fingerprint density at radius 1 is 0.962 bits per heavy atom. The molecule has 4 atom stereocenters. The fraction of sp³-hybridized carbons (Fsp3) is 0.667. The molecule has 144 valence electrons. The number of carbonyl (C=O) groups excluding carboxylic acids is 1. The summed E-state index contributed by atoms with van der Waals surface area (Å²) in [4.78, 5) is 12.6. The van der Waals surface area contributed by atoms with Crippen LogP contribution >= 0.6 is 0 Å². The van der Waals surface area contributed by atoms with Crippen LogP contribution in [0.2, 0.25) is 0 Å². The van der Waals surface area contributed by atoms with Gasteiger partial charge in [-0.3, -0.25) is 4.79 Å². The largest absolute Gasteiger partial charge is 0.488 e. The van der Waals surface area contributed by atoms with E-state index in [1.807, 2.05) is 24.3 Å². The molecule has 1 amide bonds. The first-order valence-electron chi connectivity index (χ1n) is 10.1. The molecule has 3 rings (SSSR count). The Balaban J connectivity index is 1.55. The second-order valence-electron chi connectivity index (χ2n) is 7.78. The lowest BCUT2D eigenvalue weighted by atomic mass is 9.86.